The van der Waals surface area contributed by atoms with E-state index in [1.54, 1.807) is 0 Å². The van der Waals surface area contributed by atoms with Crippen LogP contribution in [0.2, 0.25) is 0 Å². The average Bonchev–Trinajstić information content (AvgIpc) is 3.15. The molecule has 3 aromatic rings. The van der Waals surface area contributed by atoms with E-state index in [1.165, 1.54) is 27.3 Å². The Morgan fingerprint density at radius 2 is 1.32 bits per heavy atom. The van der Waals surface area contributed by atoms with Crippen molar-refractivity contribution in [2.45, 2.75) is 13.3 Å². The molecule has 0 radical (unpaired) electrons. The summed E-state index contributed by atoms with van der Waals surface area (Å²) in [6.45, 7) is -0.166. The normalized spacial score (nSPS) is 18.3. The fraction of sp³-hybridized carbons (Fsp3) is 0.0769. The summed E-state index contributed by atoms with van der Waals surface area (Å²) in [5.41, 5.74) is 3.58. The van der Waals surface area contributed by atoms with Gasteiger partial charge in [-0.25, -0.2) is 0 Å². The van der Waals surface area contributed by atoms with Crippen LogP contribution in [-0.4, -0.2) is 11.6 Å². The molecule has 1 aliphatic rings. The Hall–Kier alpha value is -2.89. The van der Waals surface area contributed by atoms with E-state index in [9.17, 15) is 4.79 Å². The second-order valence-electron chi connectivity index (χ2n) is 6.87. The van der Waals surface area contributed by atoms with Crippen molar-refractivity contribution in [2.24, 2.45) is 0 Å². The van der Waals surface area contributed by atoms with Crippen LogP contribution in [0.15, 0.2) is 103 Å². The molecule has 0 spiro atoms. The Morgan fingerprint density at radius 3 is 1.89 bits per heavy atom. The molecule has 0 aliphatic carbocycles. The lowest BCUT2D eigenvalue weighted by molar-refractivity contribution is -0.112. The first-order valence-corrected chi connectivity index (χ1v) is 11.5. The van der Waals surface area contributed by atoms with Crippen LogP contribution in [-0.2, 0) is 4.79 Å². The molecule has 138 valence electrons. The van der Waals surface area contributed by atoms with Gasteiger partial charge in [-0.2, -0.15) is 0 Å². The molecule has 1 atom stereocenters. The maximum atomic E-state index is 12.7. The predicted molar refractivity (Wildman–Crippen MR) is 123 cm³/mol. The van der Waals surface area contributed by atoms with E-state index in [0.29, 0.717) is 6.42 Å². The zero-order valence-electron chi connectivity index (χ0n) is 16.0. The van der Waals surface area contributed by atoms with Gasteiger partial charge in [-0.15, -0.1) is 0 Å². The van der Waals surface area contributed by atoms with Crippen molar-refractivity contribution in [1.82, 2.24) is 0 Å². The molecular formula is C26H23OP. The zero-order valence-corrected chi connectivity index (χ0v) is 16.8. The Labute approximate surface area is 167 Å². The number of benzene rings is 3. The second-order valence-corrected chi connectivity index (χ2v) is 9.95. The highest BCUT2D eigenvalue weighted by Crippen LogP contribution is 2.66. The monoisotopic (exact) mass is 382 g/mol. The topological polar surface area (TPSA) is 17.1 Å². The summed E-state index contributed by atoms with van der Waals surface area (Å²) in [5.74, 6) is 4.50. The minimum absolute atomic E-state index is 0.199. The maximum Gasteiger partial charge on any atom is 0.156 e. The molecular weight excluding hydrogens is 359 g/mol. The number of carbonyl (C=O) groups excluding carboxylic acids is 1. The van der Waals surface area contributed by atoms with E-state index in [0.717, 1.165) is 0 Å². The van der Waals surface area contributed by atoms with Gasteiger partial charge in [-0.05, 0) is 40.0 Å². The van der Waals surface area contributed by atoms with Crippen LogP contribution in [0.1, 0.15) is 24.5 Å². The first-order chi connectivity index (χ1) is 13.7. The molecule has 1 heterocycles. The summed E-state index contributed by atoms with van der Waals surface area (Å²) in [4.78, 5) is 12.7. The van der Waals surface area contributed by atoms with E-state index in [2.05, 4.69) is 84.7 Å². The number of hydrogen-bond acceptors (Lipinski definition) is 1. The van der Waals surface area contributed by atoms with Gasteiger partial charge >= 0.3 is 0 Å². The summed E-state index contributed by atoms with van der Waals surface area (Å²) >= 11 is 0. The molecule has 0 saturated carbocycles. The number of hydrogen-bond donors (Lipinski definition) is 0. The van der Waals surface area contributed by atoms with Crippen molar-refractivity contribution in [1.29, 1.82) is 0 Å². The van der Waals surface area contributed by atoms with E-state index in [4.69, 9.17) is 0 Å². The lowest BCUT2D eigenvalue weighted by Gasteiger charge is -2.25. The van der Waals surface area contributed by atoms with Crippen LogP contribution in [0.5, 0.6) is 0 Å². The summed E-state index contributed by atoms with van der Waals surface area (Å²) in [6, 6.07) is 31.5. The first-order valence-electron chi connectivity index (χ1n) is 9.62. The Kier molecular flexibility index (Phi) is 5.28. The van der Waals surface area contributed by atoms with E-state index < -0.39 is 6.89 Å². The van der Waals surface area contributed by atoms with Crippen molar-refractivity contribution in [3.63, 3.8) is 0 Å². The highest BCUT2D eigenvalue weighted by molar-refractivity contribution is 7.94. The third-order valence-corrected chi connectivity index (χ3v) is 8.82. The van der Waals surface area contributed by atoms with E-state index >= 15 is 0 Å². The van der Waals surface area contributed by atoms with Crippen molar-refractivity contribution >= 4 is 34.7 Å². The number of allylic oxidation sites excluding steroid dienone is 2. The number of ketones is 1. The molecule has 0 bridgehead atoms. The standard InChI is InChI=1S/C26H23OP/c1-2-23(27)20-28(24-16-10-5-11-17-24)19-18-25(21-12-6-3-7-13-21)26(28)22-14-8-4-9-15-22/h3-20H,2H2,1H3. The van der Waals surface area contributed by atoms with Gasteiger partial charge in [0.15, 0.2) is 5.78 Å². The van der Waals surface area contributed by atoms with E-state index in [1.807, 2.05) is 30.9 Å². The Morgan fingerprint density at radius 1 is 0.786 bits per heavy atom. The van der Waals surface area contributed by atoms with Gasteiger partial charge in [-0.1, -0.05) is 110 Å². The third kappa shape index (κ3) is 3.35. The smallest absolute Gasteiger partial charge is 0.156 e. The van der Waals surface area contributed by atoms with E-state index in [-0.39, 0.29) is 5.78 Å². The second kappa shape index (κ2) is 8.00. The first kappa shape index (κ1) is 18.5. The molecule has 28 heavy (non-hydrogen) atoms. The van der Waals surface area contributed by atoms with Crippen LogP contribution < -0.4 is 5.30 Å². The van der Waals surface area contributed by atoms with Crippen LogP contribution in [0.25, 0.3) is 10.9 Å². The summed E-state index contributed by atoms with van der Waals surface area (Å²) in [5, 5.41) is 2.49. The maximum absolute atomic E-state index is 12.7. The van der Waals surface area contributed by atoms with Crippen LogP contribution in [0, 0.1) is 0 Å². The van der Waals surface area contributed by atoms with Crippen molar-refractivity contribution in [3.05, 3.63) is 114 Å². The quantitative estimate of drug-likeness (QED) is 0.480. The van der Waals surface area contributed by atoms with Gasteiger partial charge in [0, 0.05) is 6.42 Å². The molecule has 0 amide bonds. The van der Waals surface area contributed by atoms with Gasteiger partial charge in [0.2, 0.25) is 0 Å². The molecule has 1 nitrogen and oxygen atoms in total. The fourth-order valence-electron chi connectivity index (χ4n) is 3.75. The van der Waals surface area contributed by atoms with Crippen LogP contribution >= 0.6 is 6.89 Å². The average molecular weight is 382 g/mol. The Bertz CT molecular complexity index is 1090. The van der Waals surface area contributed by atoms with Crippen molar-refractivity contribution in [2.75, 3.05) is 0 Å². The predicted octanol–water partition coefficient (Wildman–Crippen LogP) is 6.21. The lowest BCUT2D eigenvalue weighted by atomic mass is 10.0. The van der Waals surface area contributed by atoms with Crippen LogP contribution in [0.3, 0.4) is 0 Å². The third-order valence-electron chi connectivity index (χ3n) is 5.11. The van der Waals surface area contributed by atoms with Gasteiger partial charge in [-0.3, -0.25) is 4.79 Å². The summed E-state index contributed by atoms with van der Waals surface area (Å²) in [7, 11) is 0. The molecule has 1 aliphatic heterocycles. The summed E-state index contributed by atoms with van der Waals surface area (Å²) in [6.07, 6.45) is 2.74. The minimum atomic E-state index is -2.10. The highest BCUT2D eigenvalue weighted by atomic mass is 31.2. The molecule has 0 aromatic heterocycles. The fourth-order valence-corrected chi connectivity index (χ4v) is 7.56. The van der Waals surface area contributed by atoms with Crippen molar-refractivity contribution < 1.29 is 4.79 Å². The van der Waals surface area contributed by atoms with Gasteiger partial charge in [0.1, 0.15) is 0 Å². The Balaban J connectivity index is 2.09. The number of carbonyl (C=O) groups is 1. The molecule has 1 unspecified atom stereocenters. The molecule has 0 fully saturated rings. The van der Waals surface area contributed by atoms with Crippen LogP contribution in [0.4, 0.5) is 0 Å². The van der Waals surface area contributed by atoms with Gasteiger partial charge in [0.25, 0.3) is 0 Å². The molecule has 0 saturated heterocycles. The largest absolute Gasteiger partial charge is 0.295 e. The van der Waals surface area contributed by atoms with Gasteiger partial charge < -0.3 is 0 Å². The van der Waals surface area contributed by atoms with Crippen molar-refractivity contribution in [3.8, 4) is 0 Å². The number of Topliss-reactive ketones (excluding diaryl/α,β-unsaturated/α-hetero) is 1. The SMILES string of the molecule is CCC(=O)C=P1(c2ccccc2)C=CC(c2ccccc2)=C1c1ccccc1. The number of rotatable bonds is 5. The zero-order chi connectivity index (χ0) is 19.4. The minimum Gasteiger partial charge on any atom is -0.295 e. The van der Waals surface area contributed by atoms with Gasteiger partial charge in [0.05, 0.1) is 0 Å². The molecule has 3 aromatic carbocycles. The lowest BCUT2D eigenvalue weighted by Crippen LogP contribution is -2.10. The molecule has 2 heteroatoms. The molecule has 4 rings (SSSR count). The summed E-state index contributed by atoms with van der Waals surface area (Å²) < 4.78 is 0. The molecule has 0 N–H and O–H groups in total. The highest BCUT2D eigenvalue weighted by Gasteiger charge is 2.31.